The second-order valence-electron chi connectivity index (χ2n) is 4.57. The first-order chi connectivity index (χ1) is 9.01. The third-order valence-electron chi connectivity index (χ3n) is 2.94. The summed E-state index contributed by atoms with van der Waals surface area (Å²) in [5.74, 6) is 1.51. The maximum Gasteiger partial charge on any atom is 0.130 e. The molecule has 2 rings (SSSR count). The van der Waals surface area contributed by atoms with E-state index in [-0.39, 0.29) is 0 Å². The molecular weight excluding hydrogens is 258 g/mol. The number of hydrogen-bond acceptors (Lipinski definition) is 2. The van der Waals surface area contributed by atoms with E-state index in [0.717, 1.165) is 33.2 Å². The SMILES string of the molecule is Cc1cc(C#N)ccc1Oc1cc(C)c(Cl)c(C)c1. The van der Waals surface area contributed by atoms with Crippen LogP contribution in [0.25, 0.3) is 0 Å². The van der Waals surface area contributed by atoms with Crippen LogP contribution in [0.1, 0.15) is 22.3 Å². The van der Waals surface area contributed by atoms with Crippen molar-refractivity contribution in [3.05, 3.63) is 57.6 Å². The van der Waals surface area contributed by atoms with Crippen molar-refractivity contribution < 1.29 is 4.74 Å². The molecule has 0 aliphatic carbocycles. The average molecular weight is 272 g/mol. The molecule has 2 aromatic rings. The van der Waals surface area contributed by atoms with Gasteiger partial charge in [0.15, 0.2) is 0 Å². The molecule has 0 unspecified atom stereocenters. The summed E-state index contributed by atoms with van der Waals surface area (Å²) < 4.78 is 5.86. The Morgan fingerprint density at radius 3 is 2.16 bits per heavy atom. The van der Waals surface area contributed by atoms with E-state index in [0.29, 0.717) is 5.56 Å². The van der Waals surface area contributed by atoms with Gasteiger partial charge in [-0.25, -0.2) is 0 Å². The van der Waals surface area contributed by atoms with Crippen LogP contribution < -0.4 is 4.74 Å². The van der Waals surface area contributed by atoms with Gasteiger partial charge in [-0.1, -0.05) is 11.6 Å². The molecule has 0 atom stereocenters. The van der Waals surface area contributed by atoms with E-state index >= 15 is 0 Å². The van der Waals surface area contributed by atoms with E-state index in [1.807, 2.05) is 45.0 Å². The van der Waals surface area contributed by atoms with E-state index in [4.69, 9.17) is 21.6 Å². The number of ether oxygens (including phenoxy) is 1. The van der Waals surface area contributed by atoms with Gasteiger partial charge in [0.2, 0.25) is 0 Å². The van der Waals surface area contributed by atoms with Gasteiger partial charge in [0.25, 0.3) is 0 Å². The van der Waals surface area contributed by atoms with Crippen LogP contribution in [0.4, 0.5) is 0 Å². The minimum atomic E-state index is 0.633. The summed E-state index contributed by atoms with van der Waals surface area (Å²) in [4.78, 5) is 0. The molecule has 0 radical (unpaired) electrons. The molecular formula is C16H14ClNO. The number of benzene rings is 2. The van der Waals surface area contributed by atoms with E-state index in [1.165, 1.54) is 0 Å². The molecule has 2 nitrogen and oxygen atoms in total. The Bertz CT molecular complexity index is 648. The standard InChI is InChI=1S/C16H14ClNO/c1-10-6-13(9-18)4-5-15(10)19-14-7-11(2)16(17)12(3)8-14/h4-8H,1-3H3. The number of hydrogen-bond donors (Lipinski definition) is 0. The second kappa shape index (κ2) is 5.34. The van der Waals surface area contributed by atoms with Crippen molar-refractivity contribution in [3.63, 3.8) is 0 Å². The van der Waals surface area contributed by atoms with Gasteiger partial charge in [-0.05, 0) is 67.8 Å². The zero-order valence-corrected chi connectivity index (χ0v) is 11.9. The minimum Gasteiger partial charge on any atom is -0.457 e. The highest BCUT2D eigenvalue weighted by molar-refractivity contribution is 6.32. The third-order valence-corrected chi connectivity index (χ3v) is 3.54. The number of aryl methyl sites for hydroxylation is 3. The minimum absolute atomic E-state index is 0.633. The molecule has 96 valence electrons. The van der Waals surface area contributed by atoms with Gasteiger partial charge in [-0.2, -0.15) is 5.26 Å². The number of nitriles is 1. The lowest BCUT2D eigenvalue weighted by molar-refractivity contribution is 0.478. The van der Waals surface area contributed by atoms with Crippen molar-refractivity contribution in [3.8, 4) is 17.6 Å². The van der Waals surface area contributed by atoms with Crippen molar-refractivity contribution in [2.45, 2.75) is 20.8 Å². The third kappa shape index (κ3) is 2.89. The second-order valence-corrected chi connectivity index (χ2v) is 4.94. The lowest BCUT2D eigenvalue weighted by Crippen LogP contribution is -1.91. The largest absolute Gasteiger partial charge is 0.457 e. The highest BCUT2D eigenvalue weighted by Gasteiger charge is 2.06. The topological polar surface area (TPSA) is 33.0 Å². The van der Waals surface area contributed by atoms with Crippen LogP contribution >= 0.6 is 11.6 Å². The maximum absolute atomic E-state index is 8.84. The fraction of sp³-hybridized carbons (Fsp3) is 0.188. The van der Waals surface area contributed by atoms with Crippen molar-refractivity contribution in [1.82, 2.24) is 0 Å². The predicted molar refractivity (Wildman–Crippen MR) is 76.9 cm³/mol. The van der Waals surface area contributed by atoms with Crippen LogP contribution in [-0.2, 0) is 0 Å². The van der Waals surface area contributed by atoms with Gasteiger partial charge in [0.05, 0.1) is 11.6 Å². The summed E-state index contributed by atoms with van der Waals surface area (Å²) in [6.07, 6.45) is 0. The van der Waals surface area contributed by atoms with Gasteiger partial charge in [-0.3, -0.25) is 0 Å². The Kier molecular flexibility index (Phi) is 3.78. The van der Waals surface area contributed by atoms with Gasteiger partial charge in [-0.15, -0.1) is 0 Å². The zero-order chi connectivity index (χ0) is 14.0. The maximum atomic E-state index is 8.84. The number of nitrogens with zero attached hydrogens (tertiary/aromatic N) is 1. The fourth-order valence-electron chi connectivity index (χ4n) is 1.93. The smallest absolute Gasteiger partial charge is 0.130 e. The van der Waals surface area contributed by atoms with E-state index in [1.54, 1.807) is 6.07 Å². The Labute approximate surface area is 118 Å². The Balaban J connectivity index is 2.34. The summed E-state index contributed by atoms with van der Waals surface area (Å²) >= 11 is 6.13. The first kappa shape index (κ1) is 13.5. The molecule has 0 spiro atoms. The normalized spacial score (nSPS) is 10.1. The molecule has 0 amide bonds. The summed E-state index contributed by atoms with van der Waals surface area (Å²) in [7, 11) is 0. The molecule has 0 N–H and O–H groups in total. The molecule has 2 aromatic carbocycles. The number of rotatable bonds is 2. The zero-order valence-electron chi connectivity index (χ0n) is 11.1. The quantitative estimate of drug-likeness (QED) is 0.776. The number of halogens is 1. The molecule has 0 aromatic heterocycles. The van der Waals surface area contributed by atoms with Crippen molar-refractivity contribution in [2.75, 3.05) is 0 Å². The van der Waals surface area contributed by atoms with Gasteiger partial charge in [0.1, 0.15) is 11.5 Å². The summed E-state index contributed by atoms with van der Waals surface area (Å²) in [6, 6.07) is 11.3. The first-order valence-corrected chi connectivity index (χ1v) is 6.34. The monoisotopic (exact) mass is 271 g/mol. The van der Waals surface area contributed by atoms with Gasteiger partial charge < -0.3 is 4.74 Å². The molecule has 0 aliphatic rings. The lowest BCUT2D eigenvalue weighted by atomic mass is 10.1. The molecule has 0 aliphatic heterocycles. The molecule has 0 saturated carbocycles. The molecule has 3 heteroatoms. The van der Waals surface area contributed by atoms with Gasteiger partial charge >= 0.3 is 0 Å². The van der Waals surface area contributed by atoms with Crippen molar-refractivity contribution in [1.29, 1.82) is 5.26 Å². The predicted octanol–water partition coefficient (Wildman–Crippen LogP) is 4.93. The Morgan fingerprint density at radius 1 is 1.00 bits per heavy atom. The van der Waals surface area contributed by atoms with Crippen LogP contribution in [0.15, 0.2) is 30.3 Å². The highest BCUT2D eigenvalue weighted by Crippen LogP contribution is 2.30. The molecule has 0 bridgehead atoms. The highest BCUT2D eigenvalue weighted by atomic mass is 35.5. The van der Waals surface area contributed by atoms with Crippen molar-refractivity contribution >= 4 is 11.6 Å². The van der Waals surface area contributed by atoms with Gasteiger partial charge in [0, 0.05) is 5.02 Å². The molecule has 0 fully saturated rings. The van der Waals surface area contributed by atoms with Crippen LogP contribution in [-0.4, -0.2) is 0 Å². The Hall–Kier alpha value is -1.98. The van der Waals surface area contributed by atoms with Crippen LogP contribution in [0.2, 0.25) is 5.02 Å². The molecule has 0 saturated heterocycles. The fourth-order valence-corrected chi connectivity index (χ4v) is 2.03. The van der Waals surface area contributed by atoms with Crippen LogP contribution in [0.3, 0.4) is 0 Å². The van der Waals surface area contributed by atoms with Crippen molar-refractivity contribution in [2.24, 2.45) is 0 Å². The Morgan fingerprint density at radius 2 is 1.63 bits per heavy atom. The summed E-state index contributed by atoms with van der Waals surface area (Å²) in [6.45, 7) is 5.83. The van der Waals surface area contributed by atoms with E-state index < -0.39 is 0 Å². The van der Waals surface area contributed by atoms with E-state index in [9.17, 15) is 0 Å². The molecule has 0 heterocycles. The van der Waals surface area contributed by atoms with Crippen LogP contribution in [0, 0.1) is 32.1 Å². The molecule has 19 heavy (non-hydrogen) atoms. The van der Waals surface area contributed by atoms with Crippen LogP contribution in [0.5, 0.6) is 11.5 Å². The van der Waals surface area contributed by atoms with E-state index in [2.05, 4.69) is 6.07 Å². The summed E-state index contributed by atoms with van der Waals surface area (Å²) in [5, 5.41) is 9.61. The average Bonchev–Trinajstić information content (AvgIpc) is 2.38. The summed E-state index contributed by atoms with van der Waals surface area (Å²) in [5.41, 5.74) is 3.54. The first-order valence-electron chi connectivity index (χ1n) is 5.96. The lowest BCUT2D eigenvalue weighted by Gasteiger charge is -2.11.